The van der Waals surface area contributed by atoms with Crippen LogP contribution in [0.2, 0.25) is 0 Å². The van der Waals surface area contributed by atoms with Gasteiger partial charge in [-0.05, 0) is 25.5 Å². The van der Waals surface area contributed by atoms with E-state index in [2.05, 4.69) is 23.1 Å². The number of carbonyl (C=O) groups is 1. The molecule has 3 rings (SSSR count). The van der Waals surface area contributed by atoms with E-state index in [0.29, 0.717) is 12.8 Å². The summed E-state index contributed by atoms with van der Waals surface area (Å²) in [7, 11) is 0. The van der Waals surface area contributed by atoms with Gasteiger partial charge < -0.3 is 9.32 Å². The summed E-state index contributed by atoms with van der Waals surface area (Å²) in [6.45, 7) is 7.50. The highest BCUT2D eigenvalue weighted by molar-refractivity contribution is 5.76. The molecule has 130 valence electrons. The van der Waals surface area contributed by atoms with Gasteiger partial charge in [0.25, 0.3) is 0 Å². The molecule has 3 heterocycles. The van der Waals surface area contributed by atoms with E-state index in [-0.39, 0.29) is 5.91 Å². The van der Waals surface area contributed by atoms with Crippen LogP contribution < -0.4 is 0 Å². The lowest BCUT2D eigenvalue weighted by molar-refractivity contribution is -0.131. The Hall–Kier alpha value is -2.08. The summed E-state index contributed by atoms with van der Waals surface area (Å²) in [5.74, 6) is 1.11. The van der Waals surface area contributed by atoms with E-state index in [1.807, 2.05) is 27.9 Å². The van der Waals surface area contributed by atoms with Gasteiger partial charge in [0, 0.05) is 63.9 Å². The van der Waals surface area contributed by atoms with Gasteiger partial charge in [-0.2, -0.15) is 5.10 Å². The number of aryl methyl sites for hydroxylation is 2. The number of carbonyl (C=O) groups excluding carboxylic acids is 1. The Morgan fingerprint density at radius 1 is 1.29 bits per heavy atom. The molecular formula is C18H26N4O2. The molecule has 1 aliphatic heterocycles. The van der Waals surface area contributed by atoms with Crippen LogP contribution in [0.4, 0.5) is 0 Å². The number of nitrogens with zero attached hydrogens (tertiary/aromatic N) is 4. The van der Waals surface area contributed by atoms with Crippen molar-refractivity contribution in [1.82, 2.24) is 19.6 Å². The largest absolute Gasteiger partial charge is 0.469 e. The third-order valence-corrected chi connectivity index (χ3v) is 4.52. The first-order valence-corrected chi connectivity index (χ1v) is 8.78. The second kappa shape index (κ2) is 8.15. The Morgan fingerprint density at radius 3 is 2.96 bits per heavy atom. The number of furan rings is 1. The maximum absolute atomic E-state index is 12.4. The van der Waals surface area contributed by atoms with Crippen LogP contribution in [0.1, 0.15) is 31.1 Å². The maximum Gasteiger partial charge on any atom is 0.223 e. The lowest BCUT2D eigenvalue weighted by atomic mass is 10.2. The summed E-state index contributed by atoms with van der Waals surface area (Å²) in [6, 6.07) is 3.79. The zero-order valence-corrected chi connectivity index (χ0v) is 14.4. The third kappa shape index (κ3) is 4.47. The minimum Gasteiger partial charge on any atom is -0.469 e. The van der Waals surface area contributed by atoms with Crippen molar-refractivity contribution >= 4 is 5.91 Å². The second-order valence-electron chi connectivity index (χ2n) is 6.29. The predicted molar refractivity (Wildman–Crippen MR) is 91.4 cm³/mol. The number of rotatable bonds is 6. The fraction of sp³-hybridized carbons (Fsp3) is 0.556. The molecule has 0 radical (unpaired) electrons. The van der Waals surface area contributed by atoms with Crippen molar-refractivity contribution in [3.8, 4) is 0 Å². The smallest absolute Gasteiger partial charge is 0.223 e. The molecule has 0 N–H and O–H groups in total. The van der Waals surface area contributed by atoms with Gasteiger partial charge in [-0.25, -0.2) is 0 Å². The molecule has 2 aromatic rings. The van der Waals surface area contributed by atoms with E-state index >= 15 is 0 Å². The van der Waals surface area contributed by atoms with Crippen LogP contribution in [0.3, 0.4) is 0 Å². The first kappa shape index (κ1) is 16.8. The van der Waals surface area contributed by atoms with Gasteiger partial charge in [-0.1, -0.05) is 0 Å². The average molecular weight is 330 g/mol. The summed E-state index contributed by atoms with van der Waals surface area (Å²) in [4.78, 5) is 16.8. The van der Waals surface area contributed by atoms with Crippen LogP contribution in [0.15, 0.2) is 35.2 Å². The van der Waals surface area contributed by atoms with Crippen LogP contribution in [0.5, 0.6) is 0 Å². The zero-order valence-electron chi connectivity index (χ0n) is 14.4. The van der Waals surface area contributed by atoms with E-state index in [1.54, 1.807) is 6.26 Å². The molecule has 1 amide bonds. The lowest BCUT2D eigenvalue weighted by Gasteiger charge is -2.21. The van der Waals surface area contributed by atoms with Gasteiger partial charge >= 0.3 is 0 Å². The predicted octanol–water partition coefficient (Wildman–Crippen LogP) is 2.16. The summed E-state index contributed by atoms with van der Waals surface area (Å²) in [5, 5.41) is 4.33. The summed E-state index contributed by atoms with van der Waals surface area (Å²) in [6.07, 6.45) is 7.94. The van der Waals surface area contributed by atoms with E-state index < -0.39 is 0 Å². The Balaban J connectivity index is 1.46. The average Bonchev–Trinajstić information content (AvgIpc) is 3.21. The Bertz CT molecular complexity index is 635. The van der Waals surface area contributed by atoms with Crippen LogP contribution in [-0.2, 0) is 24.3 Å². The minimum atomic E-state index is 0.229. The van der Waals surface area contributed by atoms with Gasteiger partial charge in [0.05, 0.1) is 12.5 Å². The SMILES string of the molecule is CCn1cc(CN2CCCN(C(=O)CCc3ccco3)CC2)cn1. The van der Waals surface area contributed by atoms with E-state index in [4.69, 9.17) is 4.42 Å². The highest BCUT2D eigenvalue weighted by Gasteiger charge is 2.19. The van der Waals surface area contributed by atoms with Crippen LogP contribution in [0, 0.1) is 0 Å². The van der Waals surface area contributed by atoms with Gasteiger partial charge in [0.15, 0.2) is 0 Å². The first-order valence-electron chi connectivity index (χ1n) is 8.78. The normalized spacial score (nSPS) is 16.3. The topological polar surface area (TPSA) is 54.5 Å². The van der Waals surface area contributed by atoms with Crippen molar-refractivity contribution < 1.29 is 9.21 Å². The van der Waals surface area contributed by atoms with Gasteiger partial charge in [0.1, 0.15) is 5.76 Å². The number of hydrogen-bond acceptors (Lipinski definition) is 4. The molecule has 1 aliphatic rings. The summed E-state index contributed by atoms with van der Waals surface area (Å²) < 4.78 is 7.26. The van der Waals surface area contributed by atoms with Gasteiger partial charge in [-0.3, -0.25) is 14.4 Å². The molecule has 1 fully saturated rings. The third-order valence-electron chi connectivity index (χ3n) is 4.52. The quantitative estimate of drug-likeness (QED) is 0.814. The van der Waals surface area contributed by atoms with Crippen molar-refractivity contribution in [3.05, 3.63) is 42.1 Å². The highest BCUT2D eigenvalue weighted by Crippen LogP contribution is 2.11. The molecule has 0 aromatic carbocycles. The van der Waals surface area contributed by atoms with Crippen LogP contribution in [0.25, 0.3) is 0 Å². The van der Waals surface area contributed by atoms with Crippen molar-refractivity contribution in [2.24, 2.45) is 0 Å². The van der Waals surface area contributed by atoms with E-state index in [1.165, 1.54) is 5.56 Å². The maximum atomic E-state index is 12.4. The van der Waals surface area contributed by atoms with Crippen molar-refractivity contribution in [2.75, 3.05) is 26.2 Å². The molecular weight excluding hydrogens is 304 g/mol. The molecule has 0 spiro atoms. The molecule has 0 saturated carbocycles. The standard InChI is InChI=1S/C18H26N4O2/c1-2-22-15-16(13-19-22)14-20-8-4-9-21(11-10-20)18(23)7-6-17-5-3-12-24-17/h3,5,12-13,15H,2,4,6-11,14H2,1H3. The molecule has 0 aliphatic carbocycles. The van der Waals surface area contributed by atoms with E-state index in [0.717, 1.165) is 51.4 Å². The summed E-state index contributed by atoms with van der Waals surface area (Å²) in [5.41, 5.74) is 1.24. The first-order chi connectivity index (χ1) is 11.7. The van der Waals surface area contributed by atoms with E-state index in [9.17, 15) is 4.79 Å². The Kier molecular flexibility index (Phi) is 5.69. The molecule has 6 heteroatoms. The fourth-order valence-corrected chi connectivity index (χ4v) is 3.14. The number of aromatic nitrogens is 2. The fourth-order valence-electron chi connectivity index (χ4n) is 3.14. The van der Waals surface area contributed by atoms with Crippen LogP contribution in [-0.4, -0.2) is 51.7 Å². The Morgan fingerprint density at radius 2 is 2.21 bits per heavy atom. The molecule has 0 atom stereocenters. The molecule has 1 saturated heterocycles. The number of amides is 1. The van der Waals surface area contributed by atoms with Crippen molar-refractivity contribution in [1.29, 1.82) is 0 Å². The molecule has 2 aromatic heterocycles. The highest BCUT2D eigenvalue weighted by atomic mass is 16.3. The lowest BCUT2D eigenvalue weighted by Crippen LogP contribution is -2.35. The van der Waals surface area contributed by atoms with Gasteiger partial charge in [-0.15, -0.1) is 0 Å². The molecule has 24 heavy (non-hydrogen) atoms. The minimum absolute atomic E-state index is 0.229. The number of hydrogen-bond donors (Lipinski definition) is 0. The monoisotopic (exact) mass is 330 g/mol. The van der Waals surface area contributed by atoms with Crippen molar-refractivity contribution in [2.45, 2.75) is 39.3 Å². The van der Waals surface area contributed by atoms with Crippen molar-refractivity contribution in [3.63, 3.8) is 0 Å². The Labute approximate surface area is 143 Å². The molecule has 6 nitrogen and oxygen atoms in total. The molecule has 0 bridgehead atoms. The summed E-state index contributed by atoms with van der Waals surface area (Å²) >= 11 is 0. The van der Waals surface area contributed by atoms with Crippen LogP contribution >= 0.6 is 0 Å². The molecule has 0 unspecified atom stereocenters. The van der Waals surface area contributed by atoms with Gasteiger partial charge in [0.2, 0.25) is 5.91 Å². The zero-order chi connectivity index (χ0) is 16.8. The second-order valence-corrected chi connectivity index (χ2v) is 6.29.